The summed E-state index contributed by atoms with van der Waals surface area (Å²) in [4.78, 5) is 28.3. The lowest BCUT2D eigenvalue weighted by atomic mass is 10.1. The van der Waals surface area contributed by atoms with Gasteiger partial charge >= 0.3 is 0 Å². The number of nitrogens with zero attached hydrogens (tertiary/aromatic N) is 2. The van der Waals surface area contributed by atoms with Crippen LogP contribution in [0.15, 0.2) is 35.4 Å². The van der Waals surface area contributed by atoms with Gasteiger partial charge in [0.1, 0.15) is 5.82 Å². The maximum atomic E-state index is 12.3. The number of hydrogen-bond acceptors (Lipinski definition) is 5. The van der Waals surface area contributed by atoms with Gasteiger partial charge in [-0.2, -0.15) is 0 Å². The highest BCUT2D eigenvalue weighted by atomic mass is 32.1. The lowest BCUT2D eigenvalue weighted by molar-refractivity contribution is -0.114. The van der Waals surface area contributed by atoms with Gasteiger partial charge in [-0.15, -0.1) is 11.3 Å². The molecule has 0 atom stereocenters. The van der Waals surface area contributed by atoms with Crippen LogP contribution in [0.4, 0.5) is 5.82 Å². The summed E-state index contributed by atoms with van der Waals surface area (Å²) in [6.45, 7) is 1.32. The minimum absolute atomic E-state index is 0.101. The molecule has 0 fully saturated rings. The molecular weight excluding hydrogens is 314 g/mol. The predicted molar refractivity (Wildman–Crippen MR) is 90.5 cm³/mol. The summed E-state index contributed by atoms with van der Waals surface area (Å²) in [5, 5.41) is 12.6. The minimum Gasteiger partial charge on any atom is -0.391 e. The highest BCUT2D eigenvalue weighted by Gasteiger charge is 2.13. The summed E-state index contributed by atoms with van der Waals surface area (Å²) in [5.74, 6) is 0.259. The molecule has 0 aliphatic heterocycles. The Balaban J connectivity index is 2.23. The Morgan fingerprint density at radius 1 is 1.43 bits per heavy atom. The predicted octanol–water partition coefficient (Wildman–Crippen LogP) is 2.11. The quantitative estimate of drug-likeness (QED) is 0.771. The van der Waals surface area contributed by atoms with E-state index in [1.54, 1.807) is 31.6 Å². The van der Waals surface area contributed by atoms with E-state index in [0.29, 0.717) is 11.2 Å². The number of pyridine rings is 2. The van der Waals surface area contributed by atoms with Crippen LogP contribution in [0.25, 0.3) is 21.2 Å². The van der Waals surface area contributed by atoms with Crippen LogP contribution in [-0.4, -0.2) is 20.6 Å². The number of fused-ring (bicyclic) bond motifs is 1. The number of carbonyl (C=O) groups excluding carboxylic acids is 1. The van der Waals surface area contributed by atoms with Gasteiger partial charge < -0.3 is 15.0 Å². The van der Waals surface area contributed by atoms with E-state index in [0.717, 1.165) is 20.7 Å². The first-order chi connectivity index (χ1) is 11.0. The summed E-state index contributed by atoms with van der Waals surface area (Å²) in [7, 11) is 1.69. The van der Waals surface area contributed by atoms with Gasteiger partial charge in [-0.3, -0.25) is 9.59 Å². The molecule has 3 rings (SSSR count). The molecule has 0 saturated carbocycles. The van der Waals surface area contributed by atoms with Gasteiger partial charge in [0.05, 0.1) is 12.0 Å². The van der Waals surface area contributed by atoms with Crippen LogP contribution in [0.3, 0.4) is 0 Å². The molecular formula is C16H15N3O3S. The number of aliphatic hydroxyl groups is 1. The van der Waals surface area contributed by atoms with E-state index < -0.39 is 0 Å². The van der Waals surface area contributed by atoms with Gasteiger partial charge in [0.15, 0.2) is 0 Å². The number of anilines is 1. The fourth-order valence-electron chi connectivity index (χ4n) is 2.43. The lowest BCUT2D eigenvalue weighted by Gasteiger charge is -2.08. The van der Waals surface area contributed by atoms with Gasteiger partial charge in [0.25, 0.3) is 5.56 Å². The second-order valence-corrected chi connectivity index (χ2v) is 6.32. The zero-order chi connectivity index (χ0) is 16.6. The Morgan fingerprint density at radius 3 is 2.91 bits per heavy atom. The number of amides is 1. The minimum atomic E-state index is -0.195. The number of rotatable bonds is 3. The number of nitrogens with one attached hydrogen (secondary N) is 1. The first-order valence-electron chi connectivity index (χ1n) is 6.96. The summed E-state index contributed by atoms with van der Waals surface area (Å²) in [6.07, 6.45) is 3.37. The zero-order valence-corrected chi connectivity index (χ0v) is 13.5. The van der Waals surface area contributed by atoms with Crippen molar-refractivity contribution < 1.29 is 9.90 Å². The van der Waals surface area contributed by atoms with Crippen molar-refractivity contribution in [1.82, 2.24) is 9.55 Å². The largest absolute Gasteiger partial charge is 0.391 e. The Kier molecular flexibility index (Phi) is 3.97. The molecule has 2 N–H and O–H groups in total. The van der Waals surface area contributed by atoms with E-state index in [2.05, 4.69) is 10.3 Å². The van der Waals surface area contributed by atoms with Crippen molar-refractivity contribution in [3.8, 4) is 11.1 Å². The fourth-order valence-corrected chi connectivity index (χ4v) is 3.47. The third-order valence-electron chi connectivity index (χ3n) is 3.43. The summed E-state index contributed by atoms with van der Waals surface area (Å²) < 4.78 is 2.33. The second-order valence-electron chi connectivity index (χ2n) is 5.18. The van der Waals surface area contributed by atoms with Gasteiger partial charge in [-0.05, 0) is 23.8 Å². The monoisotopic (exact) mass is 329 g/mol. The Morgan fingerprint density at radius 2 is 2.22 bits per heavy atom. The number of aryl methyl sites for hydroxylation is 1. The van der Waals surface area contributed by atoms with Crippen molar-refractivity contribution in [3.05, 3.63) is 45.8 Å². The SMILES string of the molecule is CC(=O)Nc1cc(-c2cn(C)c(=O)c3cc(CO)sc23)ccn1. The van der Waals surface area contributed by atoms with Crippen molar-refractivity contribution >= 4 is 33.1 Å². The van der Waals surface area contributed by atoms with E-state index >= 15 is 0 Å². The summed E-state index contributed by atoms with van der Waals surface area (Å²) >= 11 is 1.39. The van der Waals surface area contributed by atoms with Gasteiger partial charge in [-0.1, -0.05) is 0 Å². The lowest BCUT2D eigenvalue weighted by Crippen LogP contribution is -2.15. The normalized spacial score (nSPS) is 10.9. The Labute approximate surface area is 136 Å². The highest BCUT2D eigenvalue weighted by molar-refractivity contribution is 7.19. The molecule has 3 aromatic rings. The molecule has 1 amide bonds. The molecule has 0 spiro atoms. The van der Waals surface area contributed by atoms with Crippen molar-refractivity contribution in [2.24, 2.45) is 7.05 Å². The van der Waals surface area contributed by atoms with Crippen LogP contribution >= 0.6 is 11.3 Å². The van der Waals surface area contributed by atoms with E-state index in [-0.39, 0.29) is 18.1 Å². The molecule has 6 nitrogen and oxygen atoms in total. The van der Waals surface area contributed by atoms with E-state index in [1.165, 1.54) is 22.8 Å². The van der Waals surface area contributed by atoms with Crippen molar-refractivity contribution in [3.63, 3.8) is 0 Å². The maximum Gasteiger partial charge on any atom is 0.259 e. The first-order valence-corrected chi connectivity index (χ1v) is 7.78. The second kappa shape index (κ2) is 5.94. The van der Waals surface area contributed by atoms with Crippen LogP contribution in [0.5, 0.6) is 0 Å². The Bertz CT molecular complexity index is 959. The molecule has 23 heavy (non-hydrogen) atoms. The number of aliphatic hydroxyl groups excluding tert-OH is 1. The van der Waals surface area contributed by atoms with Gasteiger partial charge in [0, 0.05) is 41.5 Å². The first kappa shape index (κ1) is 15.4. The molecule has 0 saturated heterocycles. The molecule has 0 bridgehead atoms. The van der Waals surface area contributed by atoms with Crippen LogP contribution in [-0.2, 0) is 18.4 Å². The Hall–Kier alpha value is -2.51. The molecule has 0 unspecified atom stereocenters. The standard InChI is InChI=1S/C16H15N3O3S/c1-9(21)18-14-5-10(3-4-17-14)13-7-19(2)16(22)12-6-11(8-20)23-15(12)13/h3-7,20H,8H2,1-2H3,(H,17,18,21). The van der Waals surface area contributed by atoms with E-state index in [4.69, 9.17) is 0 Å². The van der Waals surface area contributed by atoms with Gasteiger partial charge in [0.2, 0.25) is 5.91 Å². The third-order valence-corrected chi connectivity index (χ3v) is 4.59. The number of carbonyl (C=O) groups is 1. The average molecular weight is 329 g/mol. The fraction of sp³-hybridized carbons (Fsp3) is 0.188. The smallest absolute Gasteiger partial charge is 0.259 e. The molecule has 3 aromatic heterocycles. The number of thiophene rings is 1. The molecule has 3 heterocycles. The highest BCUT2D eigenvalue weighted by Crippen LogP contribution is 2.33. The van der Waals surface area contributed by atoms with E-state index in [1.807, 2.05) is 6.07 Å². The number of aromatic nitrogens is 2. The van der Waals surface area contributed by atoms with Gasteiger partial charge in [-0.25, -0.2) is 4.98 Å². The maximum absolute atomic E-state index is 12.3. The van der Waals surface area contributed by atoms with Crippen molar-refractivity contribution in [2.75, 3.05) is 5.32 Å². The molecule has 118 valence electrons. The topological polar surface area (TPSA) is 84.2 Å². The zero-order valence-electron chi connectivity index (χ0n) is 12.7. The summed E-state index contributed by atoms with van der Waals surface area (Å²) in [6, 6.07) is 5.31. The van der Waals surface area contributed by atoms with Crippen LogP contribution < -0.4 is 10.9 Å². The average Bonchev–Trinajstić information content (AvgIpc) is 2.95. The van der Waals surface area contributed by atoms with Crippen molar-refractivity contribution in [1.29, 1.82) is 0 Å². The van der Waals surface area contributed by atoms with Crippen LogP contribution in [0, 0.1) is 0 Å². The molecule has 0 aliphatic rings. The molecule has 0 radical (unpaired) electrons. The molecule has 7 heteroatoms. The van der Waals surface area contributed by atoms with Crippen LogP contribution in [0.1, 0.15) is 11.8 Å². The molecule has 0 aromatic carbocycles. The number of hydrogen-bond donors (Lipinski definition) is 2. The molecule has 0 aliphatic carbocycles. The van der Waals surface area contributed by atoms with Crippen LogP contribution in [0.2, 0.25) is 0 Å². The van der Waals surface area contributed by atoms with Crippen molar-refractivity contribution in [2.45, 2.75) is 13.5 Å². The summed E-state index contributed by atoms with van der Waals surface area (Å²) in [5.41, 5.74) is 1.60. The van der Waals surface area contributed by atoms with E-state index in [9.17, 15) is 14.7 Å². The third kappa shape index (κ3) is 2.88.